The Balaban J connectivity index is 2.41. The molecule has 1 fully saturated rings. The molecule has 52 valence electrons. The van der Waals surface area contributed by atoms with Crippen molar-refractivity contribution in [2.75, 3.05) is 6.54 Å². The van der Waals surface area contributed by atoms with E-state index >= 15 is 0 Å². The fraction of sp³-hybridized carbons (Fsp3) is 0.750. The van der Waals surface area contributed by atoms with Gasteiger partial charge >= 0.3 is 0 Å². The molecule has 1 heterocycles. The minimum atomic E-state index is 0.687. The Labute approximate surface area is 57.1 Å². The van der Waals surface area contributed by atoms with Crippen molar-refractivity contribution in [2.24, 2.45) is 5.92 Å². The second kappa shape index (κ2) is 2.90. The zero-order chi connectivity index (χ0) is 6.69. The van der Waals surface area contributed by atoms with Crippen molar-refractivity contribution in [2.45, 2.75) is 26.2 Å². The number of hydrogen-bond donors (Lipinski definition) is 1. The molecule has 0 amide bonds. The second-order valence-corrected chi connectivity index (χ2v) is 2.85. The van der Waals surface area contributed by atoms with Crippen LogP contribution in [0.2, 0.25) is 0 Å². The molecule has 1 unspecified atom stereocenters. The van der Waals surface area contributed by atoms with Gasteiger partial charge in [-0.2, -0.15) is 0 Å². The maximum Gasteiger partial charge on any atom is 0.0143 e. The van der Waals surface area contributed by atoms with Gasteiger partial charge in [0.1, 0.15) is 0 Å². The lowest BCUT2D eigenvalue weighted by Crippen LogP contribution is -2.14. The van der Waals surface area contributed by atoms with Gasteiger partial charge in [-0.05, 0) is 18.8 Å². The minimum absolute atomic E-state index is 0.687. The van der Waals surface area contributed by atoms with Crippen LogP contribution < -0.4 is 5.32 Å². The largest absolute Gasteiger partial charge is 0.389 e. The quantitative estimate of drug-likeness (QED) is 0.521. The molecule has 0 aromatic heterocycles. The SMILES string of the molecule is C=C1NCCCCC1C. The number of nitrogens with one attached hydrogen (secondary N) is 1. The molecule has 0 aromatic carbocycles. The van der Waals surface area contributed by atoms with E-state index in [4.69, 9.17) is 0 Å². The van der Waals surface area contributed by atoms with E-state index in [-0.39, 0.29) is 0 Å². The molecule has 1 saturated heterocycles. The molecule has 1 aliphatic heterocycles. The van der Waals surface area contributed by atoms with Gasteiger partial charge in [0.05, 0.1) is 0 Å². The van der Waals surface area contributed by atoms with Gasteiger partial charge in [0.2, 0.25) is 0 Å². The smallest absolute Gasteiger partial charge is 0.0143 e. The Bertz CT molecular complexity index is 107. The molecule has 1 atom stereocenters. The van der Waals surface area contributed by atoms with Crippen molar-refractivity contribution in [1.29, 1.82) is 0 Å². The van der Waals surface area contributed by atoms with Crippen LogP contribution in [0.25, 0.3) is 0 Å². The van der Waals surface area contributed by atoms with E-state index in [1.54, 1.807) is 0 Å². The van der Waals surface area contributed by atoms with Crippen LogP contribution in [0.1, 0.15) is 26.2 Å². The summed E-state index contributed by atoms with van der Waals surface area (Å²) in [6.07, 6.45) is 3.97. The van der Waals surface area contributed by atoms with Crippen molar-refractivity contribution in [3.05, 3.63) is 12.3 Å². The summed E-state index contributed by atoms with van der Waals surface area (Å²) >= 11 is 0. The van der Waals surface area contributed by atoms with Crippen molar-refractivity contribution < 1.29 is 0 Å². The van der Waals surface area contributed by atoms with Crippen molar-refractivity contribution in [3.8, 4) is 0 Å². The van der Waals surface area contributed by atoms with Crippen LogP contribution in [0.15, 0.2) is 12.3 Å². The monoisotopic (exact) mass is 125 g/mol. The van der Waals surface area contributed by atoms with Gasteiger partial charge in [-0.15, -0.1) is 0 Å². The molecule has 1 heteroatoms. The van der Waals surface area contributed by atoms with Crippen molar-refractivity contribution >= 4 is 0 Å². The summed E-state index contributed by atoms with van der Waals surface area (Å²) in [7, 11) is 0. The zero-order valence-electron chi connectivity index (χ0n) is 6.11. The third-order valence-electron chi connectivity index (χ3n) is 2.01. The summed E-state index contributed by atoms with van der Waals surface area (Å²) in [6.45, 7) is 7.31. The molecular weight excluding hydrogens is 110 g/mol. The van der Waals surface area contributed by atoms with E-state index in [9.17, 15) is 0 Å². The van der Waals surface area contributed by atoms with Crippen LogP contribution in [0.5, 0.6) is 0 Å². The molecule has 1 rings (SSSR count). The zero-order valence-corrected chi connectivity index (χ0v) is 6.11. The average Bonchev–Trinajstić information content (AvgIpc) is 1.99. The van der Waals surface area contributed by atoms with Crippen LogP contribution in [0, 0.1) is 5.92 Å². The normalized spacial score (nSPS) is 29.0. The van der Waals surface area contributed by atoms with E-state index in [0.29, 0.717) is 5.92 Å². The highest BCUT2D eigenvalue weighted by Gasteiger charge is 2.08. The molecule has 1 nitrogen and oxygen atoms in total. The summed E-state index contributed by atoms with van der Waals surface area (Å²) in [5.41, 5.74) is 1.23. The Kier molecular flexibility index (Phi) is 2.15. The standard InChI is InChI=1S/C8H15N/c1-7-5-3-4-6-9-8(7)2/h7,9H,2-6H2,1H3. The molecular formula is C8H15N. The topological polar surface area (TPSA) is 12.0 Å². The molecule has 0 spiro atoms. The van der Waals surface area contributed by atoms with E-state index in [2.05, 4.69) is 18.8 Å². The first-order valence-electron chi connectivity index (χ1n) is 3.73. The van der Waals surface area contributed by atoms with Crippen LogP contribution in [-0.4, -0.2) is 6.54 Å². The Morgan fingerprint density at radius 2 is 2.33 bits per heavy atom. The summed E-state index contributed by atoms with van der Waals surface area (Å²) in [4.78, 5) is 0. The Morgan fingerprint density at radius 1 is 1.56 bits per heavy atom. The molecule has 9 heavy (non-hydrogen) atoms. The lowest BCUT2D eigenvalue weighted by Gasteiger charge is -2.10. The summed E-state index contributed by atoms with van der Waals surface area (Å²) in [6, 6.07) is 0. The molecule has 0 bridgehead atoms. The molecule has 1 N–H and O–H groups in total. The fourth-order valence-corrected chi connectivity index (χ4v) is 1.17. The number of rotatable bonds is 0. The molecule has 0 saturated carbocycles. The van der Waals surface area contributed by atoms with Gasteiger partial charge in [0.25, 0.3) is 0 Å². The maximum absolute atomic E-state index is 3.94. The van der Waals surface area contributed by atoms with Crippen LogP contribution >= 0.6 is 0 Å². The molecule has 0 aromatic rings. The van der Waals surface area contributed by atoms with Crippen molar-refractivity contribution in [3.63, 3.8) is 0 Å². The van der Waals surface area contributed by atoms with E-state index in [1.165, 1.54) is 25.0 Å². The summed E-state index contributed by atoms with van der Waals surface area (Å²) < 4.78 is 0. The van der Waals surface area contributed by atoms with Crippen molar-refractivity contribution in [1.82, 2.24) is 5.32 Å². The highest BCUT2D eigenvalue weighted by atomic mass is 14.9. The van der Waals surface area contributed by atoms with E-state index in [1.807, 2.05) is 0 Å². The first kappa shape index (κ1) is 6.66. The second-order valence-electron chi connectivity index (χ2n) is 2.85. The van der Waals surface area contributed by atoms with Gasteiger partial charge in [-0.3, -0.25) is 0 Å². The summed E-state index contributed by atoms with van der Waals surface area (Å²) in [5.74, 6) is 0.687. The lowest BCUT2D eigenvalue weighted by molar-refractivity contribution is 0.595. The van der Waals surface area contributed by atoms with Crippen LogP contribution in [0.3, 0.4) is 0 Å². The number of allylic oxidation sites excluding steroid dienone is 1. The first-order chi connectivity index (χ1) is 4.30. The van der Waals surface area contributed by atoms with E-state index < -0.39 is 0 Å². The highest BCUT2D eigenvalue weighted by Crippen LogP contribution is 2.16. The van der Waals surface area contributed by atoms with Crippen LogP contribution in [0.4, 0.5) is 0 Å². The lowest BCUT2D eigenvalue weighted by atomic mass is 10.0. The van der Waals surface area contributed by atoms with Gasteiger partial charge < -0.3 is 5.32 Å². The van der Waals surface area contributed by atoms with Crippen LogP contribution in [-0.2, 0) is 0 Å². The van der Waals surface area contributed by atoms with Gasteiger partial charge in [0.15, 0.2) is 0 Å². The Hall–Kier alpha value is -0.460. The minimum Gasteiger partial charge on any atom is -0.389 e. The molecule has 1 aliphatic rings. The predicted molar refractivity (Wildman–Crippen MR) is 40.2 cm³/mol. The first-order valence-corrected chi connectivity index (χ1v) is 3.73. The predicted octanol–water partition coefficient (Wildman–Crippen LogP) is 1.91. The third kappa shape index (κ3) is 1.74. The maximum atomic E-state index is 3.94. The van der Waals surface area contributed by atoms with Gasteiger partial charge in [-0.1, -0.05) is 19.9 Å². The molecule has 0 radical (unpaired) electrons. The molecule has 0 aliphatic carbocycles. The highest BCUT2D eigenvalue weighted by molar-refractivity contribution is 4.97. The van der Waals surface area contributed by atoms with Gasteiger partial charge in [0, 0.05) is 12.2 Å². The fourth-order valence-electron chi connectivity index (χ4n) is 1.17. The Morgan fingerprint density at radius 3 is 3.11 bits per heavy atom. The van der Waals surface area contributed by atoms with Gasteiger partial charge in [-0.25, -0.2) is 0 Å². The average molecular weight is 125 g/mol. The third-order valence-corrected chi connectivity index (χ3v) is 2.01. The summed E-state index contributed by atoms with van der Waals surface area (Å²) in [5, 5.41) is 3.30. The van der Waals surface area contributed by atoms with E-state index in [0.717, 1.165) is 6.54 Å². The number of hydrogen-bond acceptors (Lipinski definition) is 1.